The van der Waals surface area contributed by atoms with Gasteiger partial charge < -0.3 is 10.0 Å². The van der Waals surface area contributed by atoms with Crippen molar-refractivity contribution in [2.75, 3.05) is 31.1 Å². The molecular formula is C16H21BrN2O2. The zero-order chi connectivity index (χ0) is 14.8. The first kappa shape index (κ1) is 14.9. The Morgan fingerprint density at radius 2 is 1.81 bits per heavy atom. The number of rotatable bonds is 3. The molecule has 1 aliphatic carbocycles. The summed E-state index contributed by atoms with van der Waals surface area (Å²) >= 11 is 3.35. The Hall–Kier alpha value is -1.07. The molecule has 2 fully saturated rings. The molecule has 4 nitrogen and oxygen atoms in total. The standard InChI is InChI=1S/C16H21BrN2O2/c17-12-5-6-15(14(11-12)16(20)21)19-9-7-18(8-10-19)13-3-1-2-4-13/h5-6,11,13H,1-4,7-10H2,(H,20,21). The van der Waals surface area contributed by atoms with Gasteiger partial charge in [-0.1, -0.05) is 28.8 Å². The van der Waals surface area contributed by atoms with Crippen LogP contribution in [0, 0.1) is 0 Å². The van der Waals surface area contributed by atoms with Gasteiger partial charge in [-0.3, -0.25) is 4.90 Å². The van der Waals surface area contributed by atoms with Crippen LogP contribution < -0.4 is 4.90 Å². The molecule has 1 saturated heterocycles. The molecule has 0 bridgehead atoms. The molecule has 1 heterocycles. The van der Waals surface area contributed by atoms with Gasteiger partial charge in [-0.15, -0.1) is 0 Å². The van der Waals surface area contributed by atoms with Gasteiger partial charge in [0.15, 0.2) is 0 Å². The predicted molar refractivity (Wildman–Crippen MR) is 87.1 cm³/mol. The minimum atomic E-state index is -0.857. The lowest BCUT2D eigenvalue weighted by Crippen LogP contribution is -2.50. The van der Waals surface area contributed by atoms with Crippen molar-refractivity contribution in [1.29, 1.82) is 0 Å². The van der Waals surface area contributed by atoms with Crippen molar-refractivity contribution in [2.24, 2.45) is 0 Å². The molecule has 0 unspecified atom stereocenters. The van der Waals surface area contributed by atoms with Crippen LogP contribution >= 0.6 is 15.9 Å². The first-order valence-electron chi connectivity index (χ1n) is 7.67. The number of aromatic carboxylic acids is 1. The molecule has 114 valence electrons. The first-order valence-corrected chi connectivity index (χ1v) is 8.46. The van der Waals surface area contributed by atoms with E-state index in [4.69, 9.17) is 0 Å². The number of anilines is 1. The molecule has 21 heavy (non-hydrogen) atoms. The highest BCUT2D eigenvalue weighted by atomic mass is 79.9. The average Bonchev–Trinajstić information content (AvgIpc) is 3.01. The van der Waals surface area contributed by atoms with E-state index in [1.54, 1.807) is 6.07 Å². The number of nitrogens with zero attached hydrogens (tertiary/aromatic N) is 2. The molecule has 1 N–H and O–H groups in total. The van der Waals surface area contributed by atoms with Crippen molar-refractivity contribution < 1.29 is 9.90 Å². The molecule has 0 atom stereocenters. The summed E-state index contributed by atoms with van der Waals surface area (Å²) in [5.74, 6) is -0.857. The Bertz CT molecular complexity index is 521. The van der Waals surface area contributed by atoms with Gasteiger partial charge in [0.2, 0.25) is 0 Å². The van der Waals surface area contributed by atoms with Crippen molar-refractivity contribution in [3.05, 3.63) is 28.2 Å². The minimum Gasteiger partial charge on any atom is -0.478 e. The zero-order valence-electron chi connectivity index (χ0n) is 12.1. The van der Waals surface area contributed by atoms with Crippen molar-refractivity contribution >= 4 is 27.6 Å². The number of carboxylic acids is 1. The number of halogens is 1. The number of carbonyl (C=O) groups is 1. The molecule has 2 aliphatic rings. The summed E-state index contributed by atoms with van der Waals surface area (Å²) in [5.41, 5.74) is 1.23. The lowest BCUT2D eigenvalue weighted by Gasteiger charge is -2.39. The van der Waals surface area contributed by atoms with E-state index in [0.717, 1.165) is 42.4 Å². The van der Waals surface area contributed by atoms with Crippen LogP contribution in [0.15, 0.2) is 22.7 Å². The van der Waals surface area contributed by atoms with Crippen LogP contribution in [0.3, 0.4) is 0 Å². The van der Waals surface area contributed by atoms with Crippen molar-refractivity contribution in [3.8, 4) is 0 Å². The second-order valence-electron chi connectivity index (χ2n) is 5.93. The lowest BCUT2D eigenvalue weighted by molar-refractivity contribution is 0.0697. The van der Waals surface area contributed by atoms with Gasteiger partial charge >= 0.3 is 5.97 Å². The average molecular weight is 353 g/mol. The summed E-state index contributed by atoms with van der Waals surface area (Å²) in [4.78, 5) is 16.2. The van der Waals surface area contributed by atoms with E-state index in [2.05, 4.69) is 25.7 Å². The van der Waals surface area contributed by atoms with Gasteiger partial charge in [-0.2, -0.15) is 0 Å². The Morgan fingerprint density at radius 1 is 1.14 bits per heavy atom. The number of hydrogen-bond donors (Lipinski definition) is 1. The zero-order valence-corrected chi connectivity index (χ0v) is 13.7. The molecule has 1 saturated carbocycles. The van der Waals surface area contributed by atoms with Crippen molar-refractivity contribution in [3.63, 3.8) is 0 Å². The second-order valence-corrected chi connectivity index (χ2v) is 6.84. The molecule has 0 radical (unpaired) electrons. The fourth-order valence-electron chi connectivity index (χ4n) is 3.55. The molecule has 0 aromatic heterocycles. The molecular weight excluding hydrogens is 332 g/mol. The Balaban J connectivity index is 1.70. The Kier molecular flexibility index (Phi) is 4.50. The molecule has 5 heteroatoms. The SMILES string of the molecule is O=C(O)c1cc(Br)ccc1N1CCN(C2CCCC2)CC1. The van der Waals surface area contributed by atoms with Crippen LogP contribution in [-0.4, -0.2) is 48.2 Å². The maximum atomic E-state index is 11.4. The third-order valence-corrected chi connectivity index (χ3v) is 5.18. The second kappa shape index (κ2) is 6.36. The monoisotopic (exact) mass is 352 g/mol. The third-order valence-electron chi connectivity index (χ3n) is 4.69. The van der Waals surface area contributed by atoms with Gasteiger partial charge in [0.25, 0.3) is 0 Å². The highest BCUT2D eigenvalue weighted by Gasteiger charge is 2.27. The summed E-state index contributed by atoms with van der Waals surface area (Å²) in [6.07, 6.45) is 5.39. The molecule has 0 amide bonds. The van der Waals surface area contributed by atoms with Crippen LogP contribution in [0.2, 0.25) is 0 Å². The lowest BCUT2D eigenvalue weighted by atomic mass is 10.1. The summed E-state index contributed by atoms with van der Waals surface area (Å²) in [6.45, 7) is 3.91. The van der Waals surface area contributed by atoms with E-state index in [1.807, 2.05) is 12.1 Å². The van der Waals surface area contributed by atoms with Crippen molar-refractivity contribution in [2.45, 2.75) is 31.7 Å². The summed E-state index contributed by atoms with van der Waals surface area (Å²) in [7, 11) is 0. The Morgan fingerprint density at radius 3 is 2.43 bits per heavy atom. The number of carboxylic acid groups (broad SMARTS) is 1. The number of hydrogen-bond acceptors (Lipinski definition) is 3. The quantitative estimate of drug-likeness (QED) is 0.906. The van der Waals surface area contributed by atoms with E-state index in [9.17, 15) is 9.90 Å². The van der Waals surface area contributed by atoms with Gasteiger partial charge in [-0.25, -0.2) is 4.79 Å². The van der Waals surface area contributed by atoms with E-state index in [-0.39, 0.29) is 0 Å². The largest absolute Gasteiger partial charge is 0.478 e. The molecule has 1 aromatic carbocycles. The van der Waals surface area contributed by atoms with E-state index in [0.29, 0.717) is 5.56 Å². The molecule has 0 spiro atoms. The summed E-state index contributed by atoms with van der Waals surface area (Å²) in [5, 5.41) is 9.39. The van der Waals surface area contributed by atoms with Crippen LogP contribution in [0.4, 0.5) is 5.69 Å². The molecule has 1 aliphatic heterocycles. The van der Waals surface area contributed by atoms with Gasteiger partial charge in [0.05, 0.1) is 11.3 Å². The van der Waals surface area contributed by atoms with Crippen molar-refractivity contribution in [1.82, 2.24) is 4.90 Å². The van der Waals surface area contributed by atoms with Gasteiger partial charge in [-0.05, 0) is 31.0 Å². The van der Waals surface area contributed by atoms with Crippen LogP contribution in [0.1, 0.15) is 36.0 Å². The topological polar surface area (TPSA) is 43.8 Å². The van der Waals surface area contributed by atoms with E-state index < -0.39 is 5.97 Å². The van der Waals surface area contributed by atoms with Crippen LogP contribution in [0.5, 0.6) is 0 Å². The minimum absolute atomic E-state index is 0.388. The summed E-state index contributed by atoms with van der Waals surface area (Å²) < 4.78 is 0.813. The third kappa shape index (κ3) is 3.24. The fourth-order valence-corrected chi connectivity index (χ4v) is 3.91. The number of piperazine rings is 1. The smallest absolute Gasteiger partial charge is 0.337 e. The van der Waals surface area contributed by atoms with E-state index >= 15 is 0 Å². The normalized spacial score (nSPS) is 20.9. The maximum Gasteiger partial charge on any atom is 0.337 e. The van der Waals surface area contributed by atoms with Crippen LogP contribution in [-0.2, 0) is 0 Å². The highest BCUT2D eigenvalue weighted by molar-refractivity contribution is 9.10. The van der Waals surface area contributed by atoms with E-state index in [1.165, 1.54) is 25.7 Å². The van der Waals surface area contributed by atoms with Gasteiger partial charge in [0.1, 0.15) is 0 Å². The predicted octanol–water partition coefficient (Wildman–Crippen LogP) is 3.21. The van der Waals surface area contributed by atoms with Crippen LogP contribution in [0.25, 0.3) is 0 Å². The van der Waals surface area contributed by atoms with Gasteiger partial charge in [0, 0.05) is 36.7 Å². The highest BCUT2D eigenvalue weighted by Crippen LogP contribution is 2.28. The summed E-state index contributed by atoms with van der Waals surface area (Å²) in [6, 6.07) is 6.29. The number of benzene rings is 1. The first-order chi connectivity index (χ1) is 10.1. The Labute approximate surface area is 133 Å². The molecule has 3 rings (SSSR count). The molecule has 1 aromatic rings. The fraction of sp³-hybridized carbons (Fsp3) is 0.562. The maximum absolute atomic E-state index is 11.4.